The molecule has 178 valence electrons. The lowest BCUT2D eigenvalue weighted by atomic mass is 10.1. The number of halogens is 2. The molecule has 0 heterocycles. The number of aliphatic carboxylic acids is 1. The van der Waals surface area contributed by atoms with E-state index in [0.29, 0.717) is 12.0 Å². The SMILES string of the molecule is C=C(C)C#N.CC(C)OC(Cc1ccccc1)C(=O)O.COC[C@H](F)CO/C=C/C=C/Cl. The van der Waals surface area contributed by atoms with Crippen molar-refractivity contribution >= 4 is 17.6 Å². The van der Waals surface area contributed by atoms with E-state index in [1.807, 2.05) is 50.2 Å². The number of alkyl halides is 1. The molecule has 0 amide bonds. The topological polar surface area (TPSA) is 88.8 Å². The number of ether oxygens (including phenoxy) is 3. The minimum absolute atomic E-state index is 0.000462. The van der Waals surface area contributed by atoms with Gasteiger partial charge in [-0.2, -0.15) is 5.26 Å². The number of carboxylic acids is 1. The number of methoxy groups -OCH3 is 1. The van der Waals surface area contributed by atoms with Crippen molar-refractivity contribution in [3.8, 4) is 6.07 Å². The van der Waals surface area contributed by atoms with Crippen molar-refractivity contribution in [2.45, 2.75) is 45.6 Å². The van der Waals surface area contributed by atoms with Gasteiger partial charge in [-0.05, 0) is 38.5 Å². The van der Waals surface area contributed by atoms with Crippen molar-refractivity contribution in [1.82, 2.24) is 0 Å². The number of benzene rings is 1. The van der Waals surface area contributed by atoms with Crippen LogP contribution < -0.4 is 0 Å². The first-order chi connectivity index (χ1) is 15.2. The van der Waals surface area contributed by atoms with E-state index in [2.05, 4.69) is 11.3 Å². The number of carbonyl (C=O) groups is 1. The van der Waals surface area contributed by atoms with Crippen LogP contribution in [0.4, 0.5) is 4.39 Å². The van der Waals surface area contributed by atoms with Crippen LogP contribution in [0.15, 0.2) is 66.4 Å². The zero-order chi connectivity index (χ0) is 24.8. The minimum atomic E-state index is -1.08. The highest BCUT2D eigenvalue weighted by molar-refractivity contribution is 6.25. The molecule has 1 unspecified atom stereocenters. The smallest absolute Gasteiger partial charge is 0.333 e. The van der Waals surface area contributed by atoms with Gasteiger partial charge in [-0.25, -0.2) is 9.18 Å². The number of rotatable bonds is 11. The molecule has 1 rings (SSSR count). The van der Waals surface area contributed by atoms with Crippen molar-refractivity contribution in [3.05, 3.63) is 72.0 Å². The van der Waals surface area contributed by atoms with Gasteiger partial charge in [0.15, 0.2) is 12.3 Å². The van der Waals surface area contributed by atoms with Gasteiger partial charge >= 0.3 is 5.97 Å². The highest BCUT2D eigenvalue weighted by atomic mass is 35.5. The number of allylic oxidation sites excluding steroid dienone is 3. The van der Waals surface area contributed by atoms with E-state index in [1.54, 1.807) is 19.1 Å². The molecule has 0 aliphatic carbocycles. The average Bonchev–Trinajstić information content (AvgIpc) is 2.74. The Labute approximate surface area is 195 Å². The van der Waals surface area contributed by atoms with Crippen molar-refractivity contribution in [3.63, 3.8) is 0 Å². The maximum absolute atomic E-state index is 12.6. The summed E-state index contributed by atoms with van der Waals surface area (Å²) in [5.41, 5.74) is 2.87. The summed E-state index contributed by atoms with van der Waals surface area (Å²) in [4.78, 5) is 10.9. The monoisotopic (exact) mass is 469 g/mol. The Morgan fingerprint density at radius 1 is 1.28 bits per heavy atom. The first-order valence-electron chi connectivity index (χ1n) is 9.82. The lowest BCUT2D eigenvalue weighted by Crippen LogP contribution is -2.29. The Morgan fingerprint density at radius 2 is 1.88 bits per heavy atom. The fraction of sp³-hybridized carbons (Fsp3) is 0.417. The van der Waals surface area contributed by atoms with Crippen LogP contribution in [0.1, 0.15) is 26.3 Å². The molecule has 0 radical (unpaired) electrons. The maximum atomic E-state index is 12.6. The Bertz CT molecular complexity index is 717. The van der Waals surface area contributed by atoms with Gasteiger partial charge in [0.25, 0.3) is 0 Å². The van der Waals surface area contributed by atoms with Gasteiger partial charge in [0.2, 0.25) is 0 Å². The molecule has 1 aromatic rings. The predicted molar refractivity (Wildman–Crippen MR) is 125 cm³/mol. The highest BCUT2D eigenvalue weighted by Crippen LogP contribution is 2.08. The lowest BCUT2D eigenvalue weighted by molar-refractivity contribution is -0.153. The average molecular weight is 470 g/mol. The molecule has 0 aliphatic rings. The van der Waals surface area contributed by atoms with Gasteiger partial charge in [0.1, 0.15) is 6.61 Å². The van der Waals surface area contributed by atoms with Crippen molar-refractivity contribution in [1.29, 1.82) is 5.26 Å². The molecule has 1 aromatic carbocycles. The summed E-state index contributed by atoms with van der Waals surface area (Å²) in [7, 11) is 1.44. The van der Waals surface area contributed by atoms with E-state index in [9.17, 15) is 9.18 Å². The van der Waals surface area contributed by atoms with E-state index in [4.69, 9.17) is 31.4 Å². The van der Waals surface area contributed by atoms with Crippen molar-refractivity contribution < 1.29 is 28.5 Å². The molecule has 0 spiro atoms. The lowest BCUT2D eigenvalue weighted by Gasteiger charge is -2.16. The Kier molecular flexibility index (Phi) is 21.2. The van der Waals surface area contributed by atoms with E-state index < -0.39 is 18.2 Å². The van der Waals surface area contributed by atoms with Crippen LogP contribution in [0.25, 0.3) is 0 Å². The van der Waals surface area contributed by atoms with E-state index >= 15 is 0 Å². The largest absolute Gasteiger partial charge is 0.498 e. The summed E-state index contributed by atoms with van der Waals surface area (Å²) in [6.45, 7) is 8.70. The van der Waals surface area contributed by atoms with Gasteiger partial charge < -0.3 is 19.3 Å². The van der Waals surface area contributed by atoms with Crippen LogP contribution in [0, 0.1) is 11.3 Å². The third kappa shape index (κ3) is 22.0. The van der Waals surface area contributed by atoms with Crippen LogP contribution in [-0.2, 0) is 25.4 Å². The summed E-state index contributed by atoms with van der Waals surface area (Å²) in [6.07, 6.45) is 3.02. The first kappa shape index (κ1) is 31.5. The van der Waals surface area contributed by atoms with E-state index in [-0.39, 0.29) is 19.3 Å². The predicted octanol–water partition coefficient (Wildman–Crippen LogP) is 5.45. The zero-order valence-corrected chi connectivity index (χ0v) is 19.8. The normalized spacial score (nSPS) is 12.2. The number of carboxylic acid groups (broad SMARTS) is 1. The summed E-state index contributed by atoms with van der Waals surface area (Å²) in [5, 5.41) is 16.8. The molecule has 0 fully saturated rings. The van der Waals surface area contributed by atoms with Crippen molar-refractivity contribution in [2.24, 2.45) is 0 Å². The molecule has 32 heavy (non-hydrogen) atoms. The summed E-state index contributed by atoms with van der Waals surface area (Å²) >= 11 is 5.21. The number of hydrogen-bond donors (Lipinski definition) is 1. The van der Waals surface area contributed by atoms with Gasteiger partial charge in [-0.15, -0.1) is 0 Å². The van der Waals surface area contributed by atoms with Crippen LogP contribution in [-0.4, -0.2) is 49.8 Å². The second-order valence-electron chi connectivity index (χ2n) is 6.63. The molecule has 1 N–H and O–H groups in total. The van der Waals surface area contributed by atoms with Crippen LogP contribution in [0.2, 0.25) is 0 Å². The molecule has 6 nitrogen and oxygen atoms in total. The van der Waals surface area contributed by atoms with Gasteiger partial charge in [-0.3, -0.25) is 0 Å². The fourth-order valence-electron chi connectivity index (χ4n) is 1.88. The quantitative estimate of drug-likeness (QED) is 0.263. The summed E-state index contributed by atoms with van der Waals surface area (Å²) in [6, 6.07) is 11.3. The third-order valence-corrected chi connectivity index (χ3v) is 3.30. The second-order valence-corrected chi connectivity index (χ2v) is 6.88. The molecular formula is C24H33ClFNO5. The second kappa shape index (κ2) is 21.6. The summed E-state index contributed by atoms with van der Waals surface area (Å²) in [5.74, 6) is -0.910. The van der Waals surface area contributed by atoms with Gasteiger partial charge in [0, 0.05) is 24.6 Å². The van der Waals surface area contributed by atoms with Gasteiger partial charge in [-0.1, -0.05) is 48.5 Å². The van der Waals surface area contributed by atoms with E-state index in [0.717, 1.165) is 5.56 Å². The molecular weight excluding hydrogens is 437 g/mol. The summed E-state index contributed by atoms with van der Waals surface area (Å²) < 4.78 is 27.3. The molecule has 0 saturated carbocycles. The minimum Gasteiger partial charge on any atom is -0.498 e. The molecule has 0 aliphatic heterocycles. The van der Waals surface area contributed by atoms with Crippen LogP contribution >= 0.6 is 11.6 Å². The molecule has 2 atom stereocenters. The Hall–Kier alpha value is -2.66. The molecule has 0 bridgehead atoms. The highest BCUT2D eigenvalue weighted by Gasteiger charge is 2.19. The maximum Gasteiger partial charge on any atom is 0.333 e. The third-order valence-electron chi connectivity index (χ3n) is 3.15. The first-order valence-corrected chi connectivity index (χ1v) is 10.3. The Morgan fingerprint density at radius 3 is 2.31 bits per heavy atom. The van der Waals surface area contributed by atoms with Gasteiger partial charge in [0.05, 0.1) is 25.0 Å². The fourth-order valence-corrected chi connectivity index (χ4v) is 1.97. The molecule has 8 heteroatoms. The van der Waals surface area contributed by atoms with Crippen molar-refractivity contribution in [2.75, 3.05) is 20.3 Å². The zero-order valence-electron chi connectivity index (χ0n) is 19.0. The standard InChI is InChI=1S/C12H16O3.C8H12ClFO2.C4H5N/c1-9(2)15-11(12(13)14)8-10-6-4-3-5-7-10;1-11-6-8(10)7-12-5-3-2-4-9;1-4(2)3-5/h3-7,9,11H,8H2,1-2H3,(H,13,14);2-5,8H,6-7H2,1H3;1H2,2H3/b;4-2+,5-3+;/t;8-;/m.0./s1. The molecule has 0 aromatic heterocycles. The molecule has 0 saturated heterocycles. The van der Waals surface area contributed by atoms with Crippen LogP contribution in [0.3, 0.4) is 0 Å². The Balaban J connectivity index is 0. The van der Waals surface area contributed by atoms with Crippen LogP contribution in [0.5, 0.6) is 0 Å². The van der Waals surface area contributed by atoms with E-state index in [1.165, 1.54) is 18.9 Å². The number of hydrogen-bond acceptors (Lipinski definition) is 5. The number of nitriles is 1. The number of nitrogens with zero attached hydrogens (tertiary/aromatic N) is 1.